The van der Waals surface area contributed by atoms with Crippen molar-refractivity contribution in [3.8, 4) is 5.75 Å². The molecular weight excluding hydrogens is 496 g/mol. The molecule has 0 aliphatic carbocycles. The number of hydrogen-bond donors (Lipinski definition) is 1. The lowest BCUT2D eigenvalue weighted by Crippen LogP contribution is -2.40. The topological polar surface area (TPSA) is 106 Å². The number of amides is 1. The van der Waals surface area contributed by atoms with Gasteiger partial charge in [0.1, 0.15) is 17.1 Å². The maximum atomic E-state index is 15.9. The van der Waals surface area contributed by atoms with Crippen LogP contribution in [-0.4, -0.2) is 48.9 Å². The molecule has 6 rings (SSSR count). The van der Waals surface area contributed by atoms with Crippen LogP contribution in [0.25, 0.3) is 10.8 Å². The number of alkyl halides is 3. The molecule has 1 amide bonds. The Labute approximate surface area is 205 Å². The number of carbonyl (C=O) groups is 1. The van der Waals surface area contributed by atoms with Gasteiger partial charge in [0, 0.05) is 31.3 Å². The molecular formula is C24H18F4N6O3. The Morgan fingerprint density at radius 3 is 2.70 bits per heavy atom. The van der Waals surface area contributed by atoms with Gasteiger partial charge in [0.2, 0.25) is 5.82 Å². The highest BCUT2D eigenvalue weighted by Gasteiger charge is 2.40. The smallest absolute Gasteiger partial charge is 0.451 e. The molecule has 4 aromatic rings. The normalized spacial score (nSPS) is 15.0. The van der Waals surface area contributed by atoms with E-state index in [4.69, 9.17) is 4.74 Å². The van der Waals surface area contributed by atoms with E-state index in [1.54, 1.807) is 30.3 Å². The highest BCUT2D eigenvalue weighted by atomic mass is 19.4. The van der Waals surface area contributed by atoms with Crippen LogP contribution < -0.4 is 10.3 Å². The van der Waals surface area contributed by atoms with E-state index in [9.17, 15) is 22.8 Å². The molecule has 0 radical (unpaired) electrons. The van der Waals surface area contributed by atoms with Crippen LogP contribution >= 0.6 is 0 Å². The Morgan fingerprint density at radius 2 is 1.92 bits per heavy atom. The molecule has 0 saturated heterocycles. The molecule has 2 aliphatic rings. The molecule has 0 fully saturated rings. The van der Waals surface area contributed by atoms with Crippen LogP contribution in [-0.2, 0) is 32.1 Å². The zero-order chi connectivity index (χ0) is 25.9. The van der Waals surface area contributed by atoms with Crippen molar-refractivity contribution in [2.75, 3.05) is 13.2 Å². The monoisotopic (exact) mass is 514 g/mol. The number of aromatic nitrogens is 5. The van der Waals surface area contributed by atoms with E-state index in [1.807, 2.05) is 0 Å². The third-order valence-corrected chi connectivity index (χ3v) is 6.63. The van der Waals surface area contributed by atoms with Crippen molar-refractivity contribution in [2.24, 2.45) is 0 Å². The summed E-state index contributed by atoms with van der Waals surface area (Å²) in [7, 11) is 0. The van der Waals surface area contributed by atoms with Crippen LogP contribution in [0.2, 0.25) is 0 Å². The molecule has 190 valence electrons. The molecule has 37 heavy (non-hydrogen) atoms. The molecule has 0 atom stereocenters. The average Bonchev–Trinajstić information content (AvgIpc) is 3.52. The van der Waals surface area contributed by atoms with Crippen LogP contribution in [0.1, 0.15) is 38.8 Å². The fourth-order valence-corrected chi connectivity index (χ4v) is 4.88. The summed E-state index contributed by atoms with van der Waals surface area (Å²) in [6, 6.07) is 8.43. The molecule has 2 aromatic carbocycles. The summed E-state index contributed by atoms with van der Waals surface area (Å²) < 4.78 is 62.0. The van der Waals surface area contributed by atoms with Gasteiger partial charge in [0.25, 0.3) is 11.5 Å². The van der Waals surface area contributed by atoms with E-state index in [1.165, 1.54) is 4.90 Å². The van der Waals surface area contributed by atoms with Crippen LogP contribution in [0.3, 0.4) is 0 Å². The standard InChI is InChI=1S/C24H18F4N6O3/c25-19-13(10-16-14-3-1-2-4-15(14)21(35)31-29-16)9-12-5-8-37-20(12)18(19)22(36)33-6-7-34-17(11-33)30-32-23(34)24(26,27)28/h1-4,9H,5-8,10-11H2,(H,31,35). The number of halogens is 4. The van der Waals surface area contributed by atoms with Crippen LogP contribution in [0.15, 0.2) is 35.1 Å². The van der Waals surface area contributed by atoms with Gasteiger partial charge >= 0.3 is 6.18 Å². The lowest BCUT2D eigenvalue weighted by Gasteiger charge is -2.29. The second-order valence-corrected chi connectivity index (χ2v) is 8.85. The first-order valence-corrected chi connectivity index (χ1v) is 11.4. The minimum atomic E-state index is -4.67. The molecule has 4 heterocycles. The van der Waals surface area contributed by atoms with Gasteiger partial charge in [-0.2, -0.15) is 18.3 Å². The number of nitrogens with zero attached hydrogens (tertiary/aromatic N) is 5. The third-order valence-electron chi connectivity index (χ3n) is 6.63. The Hall–Kier alpha value is -4.29. The molecule has 0 bridgehead atoms. The fraction of sp³-hybridized carbons (Fsp3) is 0.292. The molecule has 0 saturated carbocycles. The number of carbonyl (C=O) groups excluding carboxylic acids is 1. The largest absolute Gasteiger partial charge is 0.492 e. The van der Waals surface area contributed by atoms with Gasteiger partial charge < -0.3 is 14.2 Å². The predicted octanol–water partition coefficient (Wildman–Crippen LogP) is 2.85. The Balaban J connectivity index is 1.37. The van der Waals surface area contributed by atoms with E-state index in [0.29, 0.717) is 28.5 Å². The van der Waals surface area contributed by atoms with Gasteiger partial charge in [-0.3, -0.25) is 9.59 Å². The maximum Gasteiger partial charge on any atom is 0.451 e. The Morgan fingerprint density at radius 1 is 1.14 bits per heavy atom. The number of H-pyrrole nitrogens is 1. The average molecular weight is 514 g/mol. The minimum Gasteiger partial charge on any atom is -0.492 e. The maximum absolute atomic E-state index is 15.9. The lowest BCUT2D eigenvalue weighted by atomic mass is 9.97. The zero-order valence-corrected chi connectivity index (χ0v) is 19.1. The van der Waals surface area contributed by atoms with Crippen molar-refractivity contribution in [1.82, 2.24) is 29.9 Å². The summed E-state index contributed by atoms with van der Waals surface area (Å²) in [6.45, 7) is -0.258. The summed E-state index contributed by atoms with van der Waals surface area (Å²) in [5.74, 6) is -2.54. The van der Waals surface area contributed by atoms with Crippen molar-refractivity contribution in [2.45, 2.75) is 32.1 Å². The Bertz CT molecular complexity index is 1630. The summed E-state index contributed by atoms with van der Waals surface area (Å²) in [4.78, 5) is 26.9. The first-order valence-electron chi connectivity index (χ1n) is 11.4. The van der Waals surface area contributed by atoms with Crippen LogP contribution in [0, 0.1) is 5.82 Å². The molecule has 9 nitrogen and oxygen atoms in total. The molecule has 2 aliphatic heterocycles. The van der Waals surface area contributed by atoms with Gasteiger partial charge in [0.05, 0.1) is 24.2 Å². The van der Waals surface area contributed by atoms with E-state index in [0.717, 1.165) is 4.57 Å². The van der Waals surface area contributed by atoms with E-state index in [-0.39, 0.29) is 60.9 Å². The second kappa shape index (κ2) is 8.39. The molecule has 1 N–H and O–H groups in total. The summed E-state index contributed by atoms with van der Waals surface area (Å²) >= 11 is 0. The van der Waals surface area contributed by atoms with E-state index < -0.39 is 23.7 Å². The first-order chi connectivity index (χ1) is 17.7. The second-order valence-electron chi connectivity index (χ2n) is 8.85. The number of hydrogen-bond acceptors (Lipinski definition) is 6. The first kappa shape index (κ1) is 23.1. The summed E-state index contributed by atoms with van der Waals surface area (Å²) in [5, 5.41) is 14.3. The molecule has 13 heteroatoms. The van der Waals surface area contributed by atoms with Crippen molar-refractivity contribution in [3.63, 3.8) is 0 Å². The van der Waals surface area contributed by atoms with Crippen molar-refractivity contribution >= 4 is 16.7 Å². The van der Waals surface area contributed by atoms with E-state index >= 15 is 4.39 Å². The number of benzene rings is 2. The third kappa shape index (κ3) is 3.81. The predicted molar refractivity (Wildman–Crippen MR) is 121 cm³/mol. The van der Waals surface area contributed by atoms with Gasteiger partial charge in [-0.15, -0.1) is 10.2 Å². The lowest BCUT2D eigenvalue weighted by molar-refractivity contribution is -0.147. The quantitative estimate of drug-likeness (QED) is 0.422. The minimum absolute atomic E-state index is 0.0000442. The zero-order valence-electron chi connectivity index (χ0n) is 19.1. The number of rotatable bonds is 3. The highest BCUT2D eigenvalue weighted by molar-refractivity contribution is 5.98. The number of nitrogens with one attached hydrogen (secondary N) is 1. The summed E-state index contributed by atoms with van der Waals surface area (Å²) in [6.07, 6.45) is -4.21. The van der Waals surface area contributed by atoms with Gasteiger partial charge in [-0.05, 0) is 23.3 Å². The summed E-state index contributed by atoms with van der Waals surface area (Å²) in [5.41, 5.74) is 0.620. The van der Waals surface area contributed by atoms with Gasteiger partial charge in [-0.1, -0.05) is 18.2 Å². The van der Waals surface area contributed by atoms with Crippen molar-refractivity contribution < 1.29 is 27.1 Å². The molecule has 0 unspecified atom stereocenters. The fourth-order valence-electron chi connectivity index (χ4n) is 4.88. The number of fused-ring (bicyclic) bond motifs is 3. The number of aromatic amines is 1. The molecule has 2 aromatic heterocycles. The van der Waals surface area contributed by atoms with Crippen LogP contribution in [0.5, 0.6) is 5.75 Å². The highest BCUT2D eigenvalue weighted by Crippen LogP contribution is 2.36. The van der Waals surface area contributed by atoms with Crippen molar-refractivity contribution in [3.05, 3.63) is 80.5 Å². The van der Waals surface area contributed by atoms with E-state index in [2.05, 4.69) is 20.4 Å². The molecule has 0 spiro atoms. The van der Waals surface area contributed by atoms with Crippen LogP contribution in [0.4, 0.5) is 17.6 Å². The van der Waals surface area contributed by atoms with Crippen molar-refractivity contribution in [1.29, 1.82) is 0 Å². The van der Waals surface area contributed by atoms with Gasteiger partial charge in [0.15, 0.2) is 5.82 Å². The SMILES string of the molecule is O=C(c1c(F)c(Cc2n[nH]c(=O)c3ccccc23)cc2c1OCC2)N1CCn2c(nnc2C(F)(F)F)C1. The Kier molecular flexibility index (Phi) is 5.24. The van der Waals surface area contributed by atoms with Gasteiger partial charge in [-0.25, -0.2) is 9.49 Å². The number of ether oxygens (including phenoxy) is 1.